The number of carbonyl (C=O) groups is 3. The van der Waals surface area contributed by atoms with E-state index in [1.54, 1.807) is 0 Å². The summed E-state index contributed by atoms with van der Waals surface area (Å²) in [4.78, 5) is 34.7. The maximum Gasteiger partial charge on any atom is 0.304 e. The van der Waals surface area contributed by atoms with Crippen LogP contribution in [0.2, 0.25) is 0 Å². The Kier molecular flexibility index (Phi) is 10.7. The molecule has 0 aromatic rings. The first-order chi connectivity index (χ1) is 14.1. The van der Waals surface area contributed by atoms with E-state index < -0.39 is 36.4 Å². The van der Waals surface area contributed by atoms with Crippen molar-refractivity contribution in [2.24, 2.45) is 11.8 Å². The fourth-order valence-electron chi connectivity index (χ4n) is 3.63. The molecule has 0 radical (unpaired) electrons. The maximum atomic E-state index is 11.7. The Labute approximate surface area is 178 Å². The van der Waals surface area contributed by atoms with Gasteiger partial charge in [0.15, 0.2) is 6.29 Å². The molecule has 1 fully saturated rings. The van der Waals surface area contributed by atoms with E-state index in [1.165, 1.54) is 21.0 Å². The molecule has 1 aliphatic rings. The second kappa shape index (κ2) is 12.4. The molecule has 30 heavy (non-hydrogen) atoms. The normalized spacial score (nSPS) is 24.9. The first-order valence-electron chi connectivity index (χ1n) is 10.1. The number of esters is 1. The van der Waals surface area contributed by atoms with Crippen LogP contribution in [0.3, 0.4) is 0 Å². The third kappa shape index (κ3) is 8.24. The van der Waals surface area contributed by atoms with Crippen LogP contribution in [-0.4, -0.2) is 42.5 Å². The van der Waals surface area contributed by atoms with Crippen LogP contribution >= 0.6 is 0 Å². The van der Waals surface area contributed by atoms with Gasteiger partial charge in [-0.3, -0.25) is 9.59 Å². The number of Topliss-reactive ketones (excluding diaryl/α,β-unsaturated/α-hetero) is 1. The highest BCUT2D eigenvalue weighted by Gasteiger charge is 2.45. The number of carbonyl (C=O) groups excluding carboxylic acids is 2. The minimum atomic E-state index is -1.01. The van der Waals surface area contributed by atoms with Crippen LogP contribution in [0.25, 0.3) is 0 Å². The average molecular weight is 423 g/mol. The fraction of sp³-hybridized carbons (Fsp3) is 0.609. The topological polar surface area (TPSA) is 99.1 Å². The molecule has 1 rings (SSSR count). The van der Waals surface area contributed by atoms with Gasteiger partial charge in [0.1, 0.15) is 5.78 Å². The number of hydrogen-bond donors (Lipinski definition) is 1. The summed E-state index contributed by atoms with van der Waals surface area (Å²) in [6, 6.07) is 0. The summed E-state index contributed by atoms with van der Waals surface area (Å²) in [6.07, 6.45) is 3.99. The Bertz CT molecular complexity index is 700. The van der Waals surface area contributed by atoms with Crippen molar-refractivity contribution in [3.05, 3.63) is 35.5 Å². The van der Waals surface area contributed by atoms with Gasteiger partial charge in [0.25, 0.3) is 0 Å². The Morgan fingerprint density at radius 3 is 2.33 bits per heavy atom. The monoisotopic (exact) mass is 422 g/mol. The highest BCUT2D eigenvalue weighted by Crippen LogP contribution is 2.43. The predicted molar refractivity (Wildman–Crippen MR) is 112 cm³/mol. The summed E-state index contributed by atoms with van der Waals surface area (Å²) >= 11 is 0. The lowest BCUT2D eigenvalue weighted by Gasteiger charge is -2.43. The number of rotatable bonds is 11. The van der Waals surface area contributed by atoms with Gasteiger partial charge in [0.05, 0.1) is 6.42 Å². The molecule has 1 saturated heterocycles. The Morgan fingerprint density at radius 1 is 1.17 bits per heavy atom. The van der Waals surface area contributed by atoms with E-state index in [0.29, 0.717) is 36.8 Å². The quantitative estimate of drug-likeness (QED) is 0.394. The smallest absolute Gasteiger partial charge is 0.304 e. The molecule has 0 saturated carbocycles. The molecule has 0 aromatic carbocycles. The fourth-order valence-corrected chi connectivity index (χ4v) is 3.63. The van der Waals surface area contributed by atoms with E-state index in [4.69, 9.17) is 14.2 Å². The summed E-state index contributed by atoms with van der Waals surface area (Å²) in [5.41, 5.74) is 2.52. The van der Waals surface area contributed by atoms with Crippen LogP contribution in [0.5, 0.6) is 0 Å². The largest absolute Gasteiger partial charge is 0.481 e. The molecule has 4 unspecified atom stereocenters. The lowest BCUT2D eigenvalue weighted by atomic mass is 9.75. The average Bonchev–Trinajstić information content (AvgIpc) is 2.61. The number of ether oxygens (including phenoxy) is 3. The molecule has 1 heterocycles. The van der Waals surface area contributed by atoms with E-state index in [0.717, 1.165) is 5.57 Å². The number of ketones is 1. The van der Waals surface area contributed by atoms with Gasteiger partial charge in [-0.1, -0.05) is 29.9 Å². The molecule has 4 atom stereocenters. The van der Waals surface area contributed by atoms with Crippen LogP contribution in [0.4, 0.5) is 0 Å². The van der Waals surface area contributed by atoms with Crippen molar-refractivity contribution in [2.75, 3.05) is 7.11 Å². The van der Waals surface area contributed by atoms with Crippen molar-refractivity contribution in [2.45, 2.75) is 72.4 Å². The summed E-state index contributed by atoms with van der Waals surface area (Å²) in [5, 5.41) is 9.57. The molecular formula is C23H34O7. The van der Waals surface area contributed by atoms with Crippen molar-refractivity contribution >= 4 is 17.7 Å². The van der Waals surface area contributed by atoms with Gasteiger partial charge in [0.2, 0.25) is 6.29 Å². The van der Waals surface area contributed by atoms with Gasteiger partial charge in [-0.2, -0.15) is 0 Å². The van der Waals surface area contributed by atoms with Gasteiger partial charge in [0, 0.05) is 32.3 Å². The third-order valence-corrected chi connectivity index (χ3v) is 4.95. The number of carboxylic acid groups (broad SMARTS) is 1. The molecule has 1 N–H and O–H groups in total. The van der Waals surface area contributed by atoms with Gasteiger partial charge in [-0.05, 0) is 45.6 Å². The second-order valence-corrected chi connectivity index (χ2v) is 7.85. The SMILES string of the molecule is C=C(CCCC(C)=O)C1C(OC(C)=O)OC(OC)C(=CCC=C(C)C)C1CC(=O)O. The summed E-state index contributed by atoms with van der Waals surface area (Å²) < 4.78 is 16.8. The molecule has 0 amide bonds. The van der Waals surface area contributed by atoms with Gasteiger partial charge in [-0.15, -0.1) is 0 Å². The van der Waals surface area contributed by atoms with Crippen LogP contribution in [0.1, 0.15) is 59.8 Å². The molecular weight excluding hydrogens is 388 g/mol. The number of aliphatic carboxylic acids is 1. The zero-order valence-electron chi connectivity index (χ0n) is 18.6. The maximum absolute atomic E-state index is 11.7. The summed E-state index contributed by atoms with van der Waals surface area (Å²) in [6.45, 7) is 10.9. The molecule has 0 aromatic heterocycles. The molecule has 1 aliphatic heterocycles. The minimum Gasteiger partial charge on any atom is -0.481 e. The van der Waals surface area contributed by atoms with E-state index in [-0.39, 0.29) is 12.2 Å². The van der Waals surface area contributed by atoms with Crippen LogP contribution in [0, 0.1) is 11.8 Å². The Morgan fingerprint density at radius 2 is 1.83 bits per heavy atom. The zero-order chi connectivity index (χ0) is 22.8. The standard InChI is InChI=1S/C23H34O7/c1-14(2)9-7-12-18-19(13-20(26)27)21(15(3)10-8-11-16(4)24)23(29-17(5)25)30-22(18)28-6/h9,12,19,21-23H,3,7-8,10-11,13H2,1-2,4-6H3,(H,26,27). The van der Waals surface area contributed by atoms with Crippen molar-refractivity contribution in [3.8, 4) is 0 Å². The Hall–Kier alpha value is -2.25. The predicted octanol–water partition coefficient (Wildman–Crippen LogP) is 4.18. The van der Waals surface area contributed by atoms with Crippen LogP contribution < -0.4 is 0 Å². The lowest BCUT2D eigenvalue weighted by molar-refractivity contribution is -0.257. The molecule has 0 bridgehead atoms. The van der Waals surface area contributed by atoms with Crippen molar-refractivity contribution in [1.29, 1.82) is 0 Å². The second-order valence-electron chi connectivity index (χ2n) is 7.85. The van der Waals surface area contributed by atoms with Crippen LogP contribution in [-0.2, 0) is 28.6 Å². The molecule has 0 aliphatic carbocycles. The first kappa shape index (κ1) is 25.8. The minimum absolute atomic E-state index is 0.0723. The molecule has 7 nitrogen and oxygen atoms in total. The molecule has 0 spiro atoms. The highest BCUT2D eigenvalue weighted by molar-refractivity contribution is 5.75. The van der Waals surface area contributed by atoms with E-state index in [2.05, 4.69) is 6.58 Å². The highest BCUT2D eigenvalue weighted by atomic mass is 16.8. The number of allylic oxidation sites excluding steroid dienone is 3. The first-order valence-corrected chi connectivity index (χ1v) is 10.1. The number of methoxy groups -OCH3 is 1. The number of hydrogen-bond acceptors (Lipinski definition) is 6. The van der Waals surface area contributed by atoms with Crippen LogP contribution in [0.15, 0.2) is 35.5 Å². The number of carboxylic acids is 1. The lowest BCUT2D eigenvalue weighted by Crippen LogP contribution is -2.47. The summed E-state index contributed by atoms with van der Waals surface area (Å²) in [7, 11) is 1.46. The van der Waals surface area contributed by atoms with Crippen molar-refractivity contribution in [1.82, 2.24) is 0 Å². The summed E-state index contributed by atoms with van der Waals surface area (Å²) in [5.74, 6) is -2.51. The molecule has 168 valence electrons. The van der Waals surface area contributed by atoms with Gasteiger partial charge < -0.3 is 24.1 Å². The van der Waals surface area contributed by atoms with E-state index in [9.17, 15) is 19.5 Å². The van der Waals surface area contributed by atoms with Crippen molar-refractivity contribution in [3.63, 3.8) is 0 Å². The Balaban J connectivity index is 3.33. The molecule has 7 heteroatoms. The van der Waals surface area contributed by atoms with E-state index >= 15 is 0 Å². The van der Waals surface area contributed by atoms with Gasteiger partial charge in [-0.25, -0.2) is 0 Å². The zero-order valence-corrected chi connectivity index (χ0v) is 18.6. The van der Waals surface area contributed by atoms with E-state index in [1.807, 2.05) is 26.0 Å². The third-order valence-electron chi connectivity index (χ3n) is 4.95. The van der Waals surface area contributed by atoms with Gasteiger partial charge >= 0.3 is 11.9 Å². The van der Waals surface area contributed by atoms with Crippen molar-refractivity contribution < 1.29 is 33.7 Å².